The zero-order valence-electron chi connectivity index (χ0n) is 15.2. The highest BCUT2D eigenvalue weighted by molar-refractivity contribution is 6.30. The number of aromatic nitrogens is 2. The minimum atomic E-state index is -0.0468. The average molecular weight is 397 g/mol. The van der Waals surface area contributed by atoms with Crippen molar-refractivity contribution in [3.63, 3.8) is 0 Å². The van der Waals surface area contributed by atoms with Gasteiger partial charge in [0.2, 0.25) is 0 Å². The van der Waals surface area contributed by atoms with E-state index in [-0.39, 0.29) is 24.2 Å². The summed E-state index contributed by atoms with van der Waals surface area (Å²) in [5.41, 5.74) is 2.47. The predicted molar refractivity (Wildman–Crippen MR) is 108 cm³/mol. The van der Waals surface area contributed by atoms with E-state index in [0.717, 1.165) is 30.9 Å². The van der Waals surface area contributed by atoms with Gasteiger partial charge in [0.15, 0.2) is 0 Å². The lowest BCUT2D eigenvalue weighted by Crippen LogP contribution is -2.38. The van der Waals surface area contributed by atoms with Gasteiger partial charge in [-0.3, -0.25) is 4.79 Å². The molecule has 0 bridgehead atoms. The molecule has 1 unspecified atom stereocenters. The van der Waals surface area contributed by atoms with E-state index in [9.17, 15) is 4.79 Å². The summed E-state index contributed by atoms with van der Waals surface area (Å²) in [6.45, 7) is 6.91. The van der Waals surface area contributed by atoms with Crippen LogP contribution in [0, 0.1) is 5.92 Å². The number of hydrogen-bond acceptors (Lipinski definition) is 3. The molecule has 0 radical (unpaired) electrons. The fourth-order valence-electron chi connectivity index (χ4n) is 3.31. The maximum absolute atomic E-state index is 12.7. The van der Waals surface area contributed by atoms with E-state index in [1.807, 2.05) is 28.9 Å². The van der Waals surface area contributed by atoms with Gasteiger partial charge < -0.3 is 10.6 Å². The highest BCUT2D eigenvalue weighted by Crippen LogP contribution is 2.24. The first-order valence-corrected chi connectivity index (χ1v) is 9.27. The first kappa shape index (κ1) is 20.7. The van der Waals surface area contributed by atoms with Gasteiger partial charge in [0.1, 0.15) is 0 Å². The molecule has 2 aromatic rings. The predicted octanol–water partition coefficient (Wildman–Crippen LogP) is 3.80. The fraction of sp³-hybridized carbons (Fsp3) is 0.474. The second-order valence-corrected chi connectivity index (χ2v) is 7.35. The molecule has 2 heterocycles. The van der Waals surface area contributed by atoms with Crippen LogP contribution < -0.4 is 10.6 Å². The summed E-state index contributed by atoms with van der Waals surface area (Å²) in [7, 11) is 0. The summed E-state index contributed by atoms with van der Waals surface area (Å²) in [5, 5.41) is 11.6. The number of nitrogens with zero attached hydrogens (tertiary/aromatic N) is 2. The van der Waals surface area contributed by atoms with Crippen molar-refractivity contribution in [3.8, 4) is 5.69 Å². The van der Waals surface area contributed by atoms with Gasteiger partial charge in [-0.2, -0.15) is 5.10 Å². The van der Waals surface area contributed by atoms with Crippen LogP contribution in [0.4, 0.5) is 0 Å². The average Bonchev–Trinajstić information content (AvgIpc) is 3.06. The Balaban J connectivity index is 0.00000243. The number of nitrogens with one attached hydrogen (secondary N) is 2. The second kappa shape index (κ2) is 9.40. The summed E-state index contributed by atoms with van der Waals surface area (Å²) in [6, 6.07) is 7.49. The molecule has 1 atom stereocenters. The van der Waals surface area contributed by atoms with Crippen LogP contribution in [0.2, 0.25) is 5.02 Å². The molecule has 5 nitrogen and oxygen atoms in total. The number of piperidine rings is 1. The van der Waals surface area contributed by atoms with Crippen molar-refractivity contribution in [1.29, 1.82) is 0 Å². The van der Waals surface area contributed by atoms with Gasteiger partial charge in [-0.05, 0) is 62.0 Å². The Morgan fingerprint density at radius 2 is 2.12 bits per heavy atom. The molecule has 0 aliphatic carbocycles. The van der Waals surface area contributed by atoms with Crippen molar-refractivity contribution in [2.24, 2.45) is 5.92 Å². The van der Waals surface area contributed by atoms with Crippen LogP contribution in [-0.4, -0.2) is 35.3 Å². The molecule has 1 aliphatic rings. The molecule has 1 aliphatic heterocycles. The minimum Gasteiger partial charge on any atom is -0.352 e. The molecular weight excluding hydrogens is 371 g/mol. The van der Waals surface area contributed by atoms with Crippen LogP contribution in [0.15, 0.2) is 30.5 Å². The molecule has 0 saturated carbocycles. The highest BCUT2D eigenvalue weighted by Gasteiger charge is 2.22. The van der Waals surface area contributed by atoms with Gasteiger partial charge in [-0.15, -0.1) is 12.4 Å². The van der Waals surface area contributed by atoms with Crippen molar-refractivity contribution in [1.82, 2.24) is 20.4 Å². The molecule has 3 rings (SSSR count). The molecule has 0 spiro atoms. The summed E-state index contributed by atoms with van der Waals surface area (Å²) in [4.78, 5) is 12.7. The van der Waals surface area contributed by atoms with Crippen LogP contribution in [0.3, 0.4) is 0 Å². The SMILES string of the molecule is CC(C)c1c(C(=O)NCC2CCCNC2)cnn1-c1ccc(Cl)cc1.Cl. The number of amides is 1. The zero-order valence-corrected chi connectivity index (χ0v) is 16.7. The van der Waals surface area contributed by atoms with Crippen LogP contribution >= 0.6 is 24.0 Å². The molecule has 1 aromatic heterocycles. The Labute approximate surface area is 165 Å². The van der Waals surface area contributed by atoms with Crippen LogP contribution in [-0.2, 0) is 0 Å². The number of carbonyl (C=O) groups excluding carboxylic acids is 1. The lowest BCUT2D eigenvalue weighted by molar-refractivity contribution is 0.0943. The van der Waals surface area contributed by atoms with Crippen molar-refractivity contribution in [2.75, 3.05) is 19.6 Å². The lowest BCUT2D eigenvalue weighted by atomic mass is 9.99. The van der Waals surface area contributed by atoms with Crippen LogP contribution in [0.5, 0.6) is 0 Å². The molecule has 7 heteroatoms. The number of carbonyl (C=O) groups is 1. The van der Waals surface area contributed by atoms with Crippen LogP contribution in [0.25, 0.3) is 5.69 Å². The largest absolute Gasteiger partial charge is 0.352 e. The second-order valence-electron chi connectivity index (χ2n) is 6.91. The van der Waals surface area contributed by atoms with Gasteiger partial charge in [-0.25, -0.2) is 4.68 Å². The van der Waals surface area contributed by atoms with E-state index in [2.05, 4.69) is 29.6 Å². The molecule has 26 heavy (non-hydrogen) atoms. The maximum Gasteiger partial charge on any atom is 0.254 e. The zero-order chi connectivity index (χ0) is 17.8. The molecule has 1 amide bonds. The fourth-order valence-corrected chi connectivity index (χ4v) is 3.43. The van der Waals surface area contributed by atoms with Gasteiger partial charge in [0.25, 0.3) is 5.91 Å². The lowest BCUT2D eigenvalue weighted by Gasteiger charge is -2.23. The number of rotatable bonds is 5. The first-order chi connectivity index (χ1) is 12.1. The van der Waals surface area contributed by atoms with Crippen molar-refractivity contribution in [2.45, 2.75) is 32.6 Å². The van der Waals surface area contributed by atoms with Gasteiger partial charge >= 0.3 is 0 Å². The summed E-state index contributed by atoms with van der Waals surface area (Å²) < 4.78 is 1.83. The van der Waals surface area contributed by atoms with Crippen molar-refractivity contribution < 1.29 is 4.79 Å². The minimum absolute atomic E-state index is 0. The molecular formula is C19H26Cl2N4O. The van der Waals surface area contributed by atoms with Crippen LogP contribution in [0.1, 0.15) is 48.7 Å². The first-order valence-electron chi connectivity index (χ1n) is 8.89. The monoisotopic (exact) mass is 396 g/mol. The number of halogens is 2. The van der Waals surface area contributed by atoms with Crippen molar-refractivity contribution in [3.05, 3.63) is 46.7 Å². The third-order valence-electron chi connectivity index (χ3n) is 4.62. The van der Waals surface area contributed by atoms with E-state index in [4.69, 9.17) is 11.6 Å². The Kier molecular flexibility index (Phi) is 7.50. The van der Waals surface area contributed by atoms with Crippen molar-refractivity contribution >= 4 is 29.9 Å². The van der Waals surface area contributed by atoms with E-state index < -0.39 is 0 Å². The highest BCUT2D eigenvalue weighted by atomic mass is 35.5. The Bertz CT molecular complexity index is 722. The maximum atomic E-state index is 12.7. The Hall–Kier alpha value is -1.56. The summed E-state index contributed by atoms with van der Waals surface area (Å²) >= 11 is 5.97. The molecule has 142 valence electrons. The Morgan fingerprint density at radius 3 is 2.73 bits per heavy atom. The third kappa shape index (κ3) is 4.78. The van der Waals surface area contributed by atoms with Gasteiger partial charge in [0, 0.05) is 11.6 Å². The van der Waals surface area contributed by atoms with E-state index in [1.165, 1.54) is 6.42 Å². The van der Waals surface area contributed by atoms with E-state index in [0.29, 0.717) is 23.0 Å². The topological polar surface area (TPSA) is 59.0 Å². The molecule has 2 N–H and O–H groups in total. The quantitative estimate of drug-likeness (QED) is 0.807. The summed E-state index contributed by atoms with van der Waals surface area (Å²) in [5.74, 6) is 0.635. The standard InChI is InChI=1S/C19H25ClN4O.ClH/c1-13(2)18-17(19(25)22-11-14-4-3-9-21-10-14)12-23-24(18)16-7-5-15(20)6-8-16;/h5-8,12-14,21H,3-4,9-11H2,1-2H3,(H,22,25);1H. The molecule has 1 fully saturated rings. The third-order valence-corrected chi connectivity index (χ3v) is 4.87. The molecule has 1 saturated heterocycles. The summed E-state index contributed by atoms with van der Waals surface area (Å²) in [6.07, 6.45) is 4.00. The van der Waals surface area contributed by atoms with Gasteiger partial charge in [-0.1, -0.05) is 25.4 Å². The van der Waals surface area contributed by atoms with E-state index >= 15 is 0 Å². The number of hydrogen-bond donors (Lipinski definition) is 2. The molecule has 1 aromatic carbocycles. The smallest absolute Gasteiger partial charge is 0.254 e. The Morgan fingerprint density at radius 1 is 1.38 bits per heavy atom. The van der Waals surface area contributed by atoms with Gasteiger partial charge in [0.05, 0.1) is 23.1 Å². The number of benzene rings is 1. The normalized spacial score (nSPS) is 17.0. The van der Waals surface area contributed by atoms with E-state index in [1.54, 1.807) is 6.20 Å².